The molecule has 0 aliphatic carbocycles. The highest BCUT2D eigenvalue weighted by atomic mass is 16.5. The first-order valence-corrected chi connectivity index (χ1v) is 7.31. The van der Waals surface area contributed by atoms with E-state index in [1.165, 1.54) is 32.2 Å². The molecule has 2 saturated heterocycles. The summed E-state index contributed by atoms with van der Waals surface area (Å²) in [5.74, 6) is 0. The number of ether oxygens (including phenoxy) is 1. The molecular formula is C14H28N2O. The summed E-state index contributed by atoms with van der Waals surface area (Å²) in [5.41, 5.74) is 0. The SMILES string of the molecule is CCCC1CN(C2CCOC(C)C2)C(C)CN1. The van der Waals surface area contributed by atoms with Crippen LogP contribution < -0.4 is 5.32 Å². The van der Waals surface area contributed by atoms with Crippen molar-refractivity contribution in [1.82, 2.24) is 10.2 Å². The summed E-state index contributed by atoms with van der Waals surface area (Å²) in [5, 5.41) is 3.68. The number of nitrogens with one attached hydrogen (secondary N) is 1. The molecule has 3 heteroatoms. The maximum atomic E-state index is 5.67. The molecule has 0 amide bonds. The Morgan fingerprint density at radius 3 is 2.88 bits per heavy atom. The Kier molecular flexibility index (Phi) is 4.83. The van der Waals surface area contributed by atoms with Gasteiger partial charge in [-0.2, -0.15) is 0 Å². The van der Waals surface area contributed by atoms with Crippen LogP contribution in [0.4, 0.5) is 0 Å². The van der Waals surface area contributed by atoms with Crippen LogP contribution in [-0.4, -0.2) is 48.8 Å². The minimum atomic E-state index is 0.445. The molecule has 2 aliphatic rings. The van der Waals surface area contributed by atoms with Gasteiger partial charge in [0.2, 0.25) is 0 Å². The van der Waals surface area contributed by atoms with Crippen molar-refractivity contribution >= 4 is 0 Å². The van der Waals surface area contributed by atoms with Gasteiger partial charge in [0.05, 0.1) is 6.10 Å². The average molecular weight is 240 g/mol. The van der Waals surface area contributed by atoms with E-state index in [-0.39, 0.29) is 0 Å². The van der Waals surface area contributed by atoms with Crippen LogP contribution in [-0.2, 0) is 4.74 Å². The zero-order chi connectivity index (χ0) is 12.3. The van der Waals surface area contributed by atoms with E-state index < -0.39 is 0 Å². The lowest BCUT2D eigenvalue weighted by atomic mass is 9.97. The predicted octanol–water partition coefficient (Wildman–Crippen LogP) is 2.02. The second-order valence-corrected chi connectivity index (χ2v) is 5.80. The Bertz CT molecular complexity index is 234. The summed E-state index contributed by atoms with van der Waals surface area (Å²) in [4.78, 5) is 2.73. The van der Waals surface area contributed by atoms with Crippen LogP contribution in [0.1, 0.15) is 46.5 Å². The van der Waals surface area contributed by atoms with Crippen molar-refractivity contribution in [2.45, 2.75) is 70.7 Å². The maximum absolute atomic E-state index is 5.67. The van der Waals surface area contributed by atoms with Crippen molar-refractivity contribution in [2.75, 3.05) is 19.7 Å². The van der Waals surface area contributed by atoms with Crippen LogP contribution in [0, 0.1) is 0 Å². The molecule has 0 spiro atoms. The normalized spacial score (nSPS) is 40.4. The lowest BCUT2D eigenvalue weighted by Gasteiger charge is -2.45. The molecule has 4 unspecified atom stereocenters. The smallest absolute Gasteiger partial charge is 0.0561 e. The van der Waals surface area contributed by atoms with Crippen LogP contribution in [0.2, 0.25) is 0 Å². The summed E-state index contributed by atoms with van der Waals surface area (Å²) in [7, 11) is 0. The first-order chi connectivity index (χ1) is 8.20. The van der Waals surface area contributed by atoms with E-state index in [1.807, 2.05) is 0 Å². The molecule has 0 aromatic rings. The van der Waals surface area contributed by atoms with Crippen molar-refractivity contribution in [1.29, 1.82) is 0 Å². The van der Waals surface area contributed by atoms with Crippen LogP contribution in [0.5, 0.6) is 0 Å². The van der Waals surface area contributed by atoms with Gasteiger partial charge in [0.15, 0.2) is 0 Å². The number of piperazine rings is 1. The lowest BCUT2D eigenvalue weighted by molar-refractivity contribution is -0.0355. The van der Waals surface area contributed by atoms with E-state index in [9.17, 15) is 0 Å². The van der Waals surface area contributed by atoms with Gasteiger partial charge < -0.3 is 10.1 Å². The highest BCUT2D eigenvalue weighted by Crippen LogP contribution is 2.23. The molecule has 3 nitrogen and oxygen atoms in total. The molecule has 2 heterocycles. The van der Waals surface area contributed by atoms with E-state index >= 15 is 0 Å². The molecule has 0 saturated carbocycles. The van der Waals surface area contributed by atoms with E-state index in [0.29, 0.717) is 18.2 Å². The molecule has 2 aliphatic heterocycles. The number of rotatable bonds is 3. The van der Waals surface area contributed by atoms with Gasteiger partial charge in [-0.1, -0.05) is 13.3 Å². The molecule has 1 N–H and O–H groups in total. The third kappa shape index (κ3) is 3.43. The van der Waals surface area contributed by atoms with Gasteiger partial charge >= 0.3 is 0 Å². The third-order valence-corrected chi connectivity index (χ3v) is 4.26. The predicted molar refractivity (Wildman–Crippen MR) is 71.3 cm³/mol. The lowest BCUT2D eigenvalue weighted by Crippen LogP contribution is -2.59. The Morgan fingerprint density at radius 1 is 1.35 bits per heavy atom. The van der Waals surface area contributed by atoms with Crippen LogP contribution in [0.25, 0.3) is 0 Å². The quantitative estimate of drug-likeness (QED) is 0.817. The van der Waals surface area contributed by atoms with E-state index in [0.717, 1.165) is 19.2 Å². The zero-order valence-corrected chi connectivity index (χ0v) is 11.6. The molecule has 17 heavy (non-hydrogen) atoms. The van der Waals surface area contributed by atoms with Gasteiger partial charge in [0, 0.05) is 37.8 Å². The second-order valence-electron chi connectivity index (χ2n) is 5.80. The Morgan fingerprint density at radius 2 is 2.18 bits per heavy atom. The molecular weight excluding hydrogens is 212 g/mol. The average Bonchev–Trinajstić information content (AvgIpc) is 2.32. The van der Waals surface area contributed by atoms with E-state index in [2.05, 4.69) is 31.0 Å². The first-order valence-electron chi connectivity index (χ1n) is 7.31. The van der Waals surface area contributed by atoms with Crippen LogP contribution in [0.3, 0.4) is 0 Å². The fraction of sp³-hybridized carbons (Fsp3) is 1.00. The van der Waals surface area contributed by atoms with Crippen molar-refractivity contribution < 1.29 is 4.74 Å². The molecule has 0 radical (unpaired) electrons. The monoisotopic (exact) mass is 240 g/mol. The molecule has 0 bridgehead atoms. The summed E-state index contributed by atoms with van der Waals surface area (Å²) < 4.78 is 5.67. The maximum Gasteiger partial charge on any atom is 0.0561 e. The Hall–Kier alpha value is -0.120. The summed E-state index contributed by atoms with van der Waals surface area (Å²) in [6.07, 6.45) is 5.46. The van der Waals surface area contributed by atoms with Crippen molar-refractivity contribution in [2.24, 2.45) is 0 Å². The number of hydrogen-bond donors (Lipinski definition) is 1. The first kappa shape index (κ1) is 13.3. The van der Waals surface area contributed by atoms with Crippen molar-refractivity contribution in [3.05, 3.63) is 0 Å². The largest absolute Gasteiger partial charge is 0.378 e. The van der Waals surface area contributed by atoms with Crippen LogP contribution in [0.15, 0.2) is 0 Å². The Balaban J connectivity index is 1.92. The van der Waals surface area contributed by atoms with Gasteiger partial charge in [0.25, 0.3) is 0 Å². The molecule has 100 valence electrons. The number of hydrogen-bond acceptors (Lipinski definition) is 3. The minimum absolute atomic E-state index is 0.445. The second kappa shape index (κ2) is 6.17. The molecule has 2 rings (SSSR count). The molecule has 0 aromatic heterocycles. The van der Waals surface area contributed by atoms with Crippen LogP contribution >= 0.6 is 0 Å². The molecule has 2 fully saturated rings. The fourth-order valence-electron chi connectivity index (χ4n) is 3.28. The van der Waals surface area contributed by atoms with Gasteiger partial charge in [-0.3, -0.25) is 4.90 Å². The zero-order valence-electron chi connectivity index (χ0n) is 11.6. The summed E-state index contributed by atoms with van der Waals surface area (Å²) >= 11 is 0. The minimum Gasteiger partial charge on any atom is -0.378 e. The fourth-order valence-corrected chi connectivity index (χ4v) is 3.28. The van der Waals surface area contributed by atoms with Gasteiger partial charge in [-0.05, 0) is 33.1 Å². The van der Waals surface area contributed by atoms with E-state index in [4.69, 9.17) is 4.74 Å². The van der Waals surface area contributed by atoms with Crippen molar-refractivity contribution in [3.63, 3.8) is 0 Å². The number of nitrogens with zero attached hydrogens (tertiary/aromatic N) is 1. The van der Waals surface area contributed by atoms with E-state index in [1.54, 1.807) is 0 Å². The topological polar surface area (TPSA) is 24.5 Å². The summed E-state index contributed by atoms with van der Waals surface area (Å²) in [6, 6.07) is 2.13. The Labute approximate surface area is 106 Å². The third-order valence-electron chi connectivity index (χ3n) is 4.26. The highest BCUT2D eigenvalue weighted by Gasteiger charge is 2.32. The van der Waals surface area contributed by atoms with Gasteiger partial charge in [0.1, 0.15) is 0 Å². The van der Waals surface area contributed by atoms with Gasteiger partial charge in [-0.15, -0.1) is 0 Å². The molecule has 0 aromatic carbocycles. The standard InChI is InChI=1S/C14H28N2O/c1-4-5-13-10-16(11(2)9-15-13)14-6-7-17-12(3)8-14/h11-15H,4-10H2,1-3H3. The highest BCUT2D eigenvalue weighted by molar-refractivity contribution is 4.89. The van der Waals surface area contributed by atoms with Crippen molar-refractivity contribution in [3.8, 4) is 0 Å². The van der Waals surface area contributed by atoms with Gasteiger partial charge in [-0.25, -0.2) is 0 Å². The molecule has 4 atom stereocenters. The summed E-state index contributed by atoms with van der Waals surface area (Å²) in [6.45, 7) is 10.2.